The fourth-order valence-electron chi connectivity index (χ4n) is 3.49. The van der Waals surface area contributed by atoms with Crippen molar-refractivity contribution in [2.45, 2.75) is 43.6 Å². The molecule has 0 spiro atoms. The summed E-state index contributed by atoms with van der Waals surface area (Å²) in [4.78, 5) is 0. The summed E-state index contributed by atoms with van der Waals surface area (Å²) in [6, 6.07) is 16.2. The number of nitrogens with zero attached hydrogens (tertiary/aromatic N) is 1. The largest absolute Gasteiger partial charge is 0.456 e. The smallest absolute Gasteiger partial charge is 0.301 e. The van der Waals surface area contributed by atoms with Gasteiger partial charge in [-0.05, 0) is 50.5 Å². The molecule has 2 atom stereocenters. The van der Waals surface area contributed by atoms with Gasteiger partial charge in [-0.2, -0.15) is 0 Å². The molecule has 2 N–H and O–H groups in total. The Morgan fingerprint density at radius 3 is 2.41 bits per heavy atom. The van der Waals surface area contributed by atoms with E-state index in [2.05, 4.69) is 25.6 Å². The van der Waals surface area contributed by atoms with E-state index in [9.17, 15) is 13.5 Å². The van der Waals surface area contributed by atoms with Crippen molar-refractivity contribution in [2.24, 2.45) is 4.40 Å². The van der Waals surface area contributed by atoms with Crippen LogP contribution < -0.4 is 5.32 Å². The lowest BCUT2D eigenvalue weighted by atomic mass is 9.85. The molecule has 0 aliphatic carbocycles. The maximum Gasteiger partial charge on any atom is 0.301 e. The van der Waals surface area contributed by atoms with Crippen LogP contribution in [0, 0.1) is 0 Å². The normalized spacial score (nSPS) is 23.6. The van der Waals surface area contributed by atoms with Crippen LogP contribution in [-0.4, -0.2) is 31.8 Å². The number of hydrogen-bond acceptors (Lipinski definition) is 5. The minimum absolute atomic E-state index is 0.0637. The first kappa shape index (κ1) is 21.8. The van der Waals surface area contributed by atoms with Crippen LogP contribution in [0.3, 0.4) is 0 Å². The van der Waals surface area contributed by atoms with Crippen LogP contribution in [0.2, 0.25) is 0 Å². The zero-order chi connectivity index (χ0) is 21.3. The van der Waals surface area contributed by atoms with Gasteiger partial charge in [0.1, 0.15) is 5.60 Å². The molecule has 6 nitrogen and oxygen atoms in total. The molecule has 1 heterocycles. The van der Waals surface area contributed by atoms with Gasteiger partial charge >= 0.3 is 6.02 Å². The van der Waals surface area contributed by atoms with Crippen LogP contribution in [-0.2, 0) is 19.5 Å². The first-order valence-corrected chi connectivity index (χ1v) is 11.6. The molecular weight excluding hydrogens is 456 g/mol. The summed E-state index contributed by atoms with van der Waals surface area (Å²) in [6.45, 7) is 5.05. The van der Waals surface area contributed by atoms with Gasteiger partial charge in [0.2, 0.25) is 0 Å². The maximum atomic E-state index is 13.3. The molecule has 8 heteroatoms. The molecule has 0 saturated carbocycles. The molecule has 0 aromatic heterocycles. The Morgan fingerprint density at radius 2 is 1.83 bits per heavy atom. The predicted octanol–water partition coefficient (Wildman–Crippen LogP) is 3.87. The summed E-state index contributed by atoms with van der Waals surface area (Å²) >= 11 is 3.41. The van der Waals surface area contributed by atoms with Gasteiger partial charge in [-0.25, -0.2) is 8.42 Å². The molecule has 3 rings (SSSR count). The topological polar surface area (TPSA) is 88.0 Å². The quantitative estimate of drug-likeness (QED) is 0.677. The highest BCUT2D eigenvalue weighted by molar-refractivity contribution is 9.10. The van der Waals surface area contributed by atoms with Gasteiger partial charge < -0.3 is 15.2 Å². The molecule has 0 fully saturated rings. The number of rotatable bonds is 5. The molecule has 0 amide bonds. The first-order chi connectivity index (χ1) is 13.6. The molecule has 2 aromatic rings. The van der Waals surface area contributed by atoms with Crippen LogP contribution in [0.25, 0.3) is 0 Å². The van der Waals surface area contributed by atoms with E-state index in [1.54, 1.807) is 39.0 Å². The van der Waals surface area contributed by atoms with E-state index in [1.165, 1.54) is 0 Å². The maximum absolute atomic E-state index is 13.3. The third-order valence-corrected chi connectivity index (χ3v) is 8.17. The number of nitrogens with one attached hydrogen (secondary N) is 1. The average molecular weight is 481 g/mol. The molecule has 0 radical (unpaired) electrons. The molecule has 0 bridgehead atoms. The summed E-state index contributed by atoms with van der Waals surface area (Å²) in [7, 11) is -3.98. The standard InChI is InChI=1S/C21H25BrN2O4S/c1-20(2)21(3,16-10-7-11-17(22)14-16)29(26,27)24-19(28-20)23-18(12-13-25)15-8-5-4-6-9-15/h4-11,14,18,25H,12-13H2,1-3H3,(H,23,24)/t18-,21?/m0/s1. The Kier molecular flexibility index (Phi) is 6.08. The minimum atomic E-state index is -3.98. The van der Waals surface area contributed by atoms with Crippen molar-refractivity contribution in [3.8, 4) is 0 Å². The van der Waals surface area contributed by atoms with Gasteiger partial charge in [0.05, 0.1) is 6.04 Å². The number of ether oxygens (including phenoxy) is 1. The third kappa shape index (κ3) is 4.06. The first-order valence-electron chi connectivity index (χ1n) is 9.32. The molecule has 1 unspecified atom stereocenters. The Labute approximate surface area is 180 Å². The number of aliphatic hydroxyl groups excluding tert-OH is 1. The molecule has 1 aliphatic heterocycles. The van der Waals surface area contributed by atoms with Crippen molar-refractivity contribution >= 4 is 32.0 Å². The molecule has 156 valence electrons. The second-order valence-electron chi connectivity index (χ2n) is 7.65. The third-order valence-electron chi connectivity index (χ3n) is 5.51. The van der Waals surface area contributed by atoms with Gasteiger partial charge in [0, 0.05) is 11.1 Å². The van der Waals surface area contributed by atoms with E-state index in [-0.39, 0.29) is 18.7 Å². The summed E-state index contributed by atoms with van der Waals surface area (Å²) in [5.41, 5.74) is 0.398. The molecule has 2 aromatic carbocycles. The summed E-state index contributed by atoms with van der Waals surface area (Å²) in [5.74, 6) is 0. The second-order valence-corrected chi connectivity index (χ2v) is 10.5. The van der Waals surface area contributed by atoms with Crippen molar-refractivity contribution in [3.05, 3.63) is 70.2 Å². The van der Waals surface area contributed by atoms with Crippen LogP contribution in [0.5, 0.6) is 0 Å². The van der Waals surface area contributed by atoms with E-state index in [0.717, 1.165) is 10.0 Å². The van der Waals surface area contributed by atoms with E-state index in [4.69, 9.17) is 4.74 Å². The van der Waals surface area contributed by atoms with Crippen LogP contribution in [0.1, 0.15) is 44.4 Å². The van der Waals surface area contributed by atoms with Crippen LogP contribution in [0.15, 0.2) is 63.5 Å². The lowest BCUT2D eigenvalue weighted by molar-refractivity contribution is 0.0393. The number of benzene rings is 2. The second kappa shape index (κ2) is 8.08. The van der Waals surface area contributed by atoms with E-state index in [1.807, 2.05) is 36.4 Å². The van der Waals surface area contributed by atoms with E-state index < -0.39 is 20.4 Å². The average Bonchev–Trinajstić information content (AvgIpc) is 2.66. The lowest BCUT2D eigenvalue weighted by Crippen LogP contribution is -2.58. The predicted molar refractivity (Wildman–Crippen MR) is 117 cm³/mol. The molecule has 1 aliphatic rings. The van der Waals surface area contributed by atoms with Crippen molar-refractivity contribution in [2.75, 3.05) is 6.61 Å². The molecule has 0 saturated heterocycles. The van der Waals surface area contributed by atoms with Gasteiger partial charge in [0.15, 0.2) is 4.75 Å². The highest BCUT2D eigenvalue weighted by atomic mass is 79.9. The van der Waals surface area contributed by atoms with Crippen LogP contribution in [0.4, 0.5) is 0 Å². The summed E-state index contributed by atoms with van der Waals surface area (Å²) < 4.78 is 36.1. The Bertz CT molecular complexity index is 1010. The van der Waals surface area contributed by atoms with Crippen LogP contribution >= 0.6 is 15.9 Å². The number of hydrogen-bond donors (Lipinski definition) is 2. The summed E-state index contributed by atoms with van der Waals surface area (Å²) in [6.07, 6.45) is 0.385. The fraction of sp³-hybridized carbons (Fsp3) is 0.381. The zero-order valence-electron chi connectivity index (χ0n) is 16.6. The van der Waals surface area contributed by atoms with Gasteiger partial charge in [-0.15, -0.1) is 4.40 Å². The van der Waals surface area contributed by atoms with Crippen molar-refractivity contribution in [1.29, 1.82) is 0 Å². The number of sulfonamides is 1. The van der Waals surface area contributed by atoms with Gasteiger partial charge in [0.25, 0.3) is 10.0 Å². The fourth-order valence-corrected chi connectivity index (χ4v) is 5.47. The van der Waals surface area contributed by atoms with Gasteiger partial charge in [-0.1, -0.05) is 58.4 Å². The van der Waals surface area contributed by atoms with Crippen molar-refractivity contribution in [1.82, 2.24) is 5.32 Å². The Hall–Kier alpha value is -1.90. The number of amidine groups is 1. The zero-order valence-corrected chi connectivity index (χ0v) is 19.0. The molecule has 29 heavy (non-hydrogen) atoms. The minimum Gasteiger partial charge on any atom is -0.456 e. The van der Waals surface area contributed by atoms with E-state index in [0.29, 0.717) is 12.0 Å². The number of halogens is 1. The van der Waals surface area contributed by atoms with Gasteiger partial charge in [-0.3, -0.25) is 0 Å². The van der Waals surface area contributed by atoms with Crippen molar-refractivity contribution < 1.29 is 18.3 Å². The SMILES string of the molecule is CC1(C)OC(N[C@@H](CCO)c2ccccc2)=NS(=O)(=O)C1(C)c1cccc(Br)c1. The lowest BCUT2D eigenvalue weighted by Gasteiger charge is -2.45. The molecular formula is C21H25BrN2O4S. The monoisotopic (exact) mass is 480 g/mol. The van der Waals surface area contributed by atoms with E-state index >= 15 is 0 Å². The Balaban J connectivity index is 2.01. The van der Waals surface area contributed by atoms with Crippen molar-refractivity contribution in [3.63, 3.8) is 0 Å². The Morgan fingerprint density at radius 1 is 1.14 bits per heavy atom. The highest BCUT2D eigenvalue weighted by Crippen LogP contribution is 2.46. The number of aliphatic hydroxyl groups is 1. The highest BCUT2D eigenvalue weighted by Gasteiger charge is 2.58. The summed E-state index contributed by atoms with van der Waals surface area (Å²) in [5, 5.41) is 12.5.